The number of amides is 1. The van der Waals surface area contributed by atoms with Gasteiger partial charge in [0.25, 0.3) is 11.7 Å². The molecule has 0 radical (unpaired) electrons. The number of ether oxygens (including phenoxy) is 3. The van der Waals surface area contributed by atoms with Crippen molar-refractivity contribution < 1.29 is 19.0 Å². The van der Waals surface area contributed by atoms with Crippen molar-refractivity contribution in [3.8, 4) is 5.75 Å². The van der Waals surface area contributed by atoms with Gasteiger partial charge in [-0.15, -0.1) is 0 Å². The molecule has 0 bridgehead atoms. The topological polar surface area (TPSA) is 48.0 Å². The summed E-state index contributed by atoms with van der Waals surface area (Å²) in [5.41, 5.74) is 2.70. The van der Waals surface area contributed by atoms with Crippen molar-refractivity contribution >= 4 is 22.4 Å². The van der Waals surface area contributed by atoms with Crippen molar-refractivity contribution in [2.45, 2.75) is 19.1 Å². The molecule has 3 aromatic carbocycles. The summed E-state index contributed by atoms with van der Waals surface area (Å²) in [5.74, 6) is -0.674. The number of rotatable bonds is 4. The van der Waals surface area contributed by atoms with E-state index < -0.39 is 5.79 Å². The summed E-state index contributed by atoms with van der Waals surface area (Å²) in [6.07, 6.45) is 0.793. The Hall–Kier alpha value is -2.89. The molecule has 0 N–H and O–H groups in total. The zero-order chi connectivity index (χ0) is 19.8. The predicted molar refractivity (Wildman–Crippen MR) is 111 cm³/mol. The summed E-state index contributed by atoms with van der Waals surface area (Å²) in [6.45, 7) is 3.85. The van der Waals surface area contributed by atoms with Crippen molar-refractivity contribution in [1.82, 2.24) is 0 Å². The van der Waals surface area contributed by atoms with E-state index in [1.807, 2.05) is 55.5 Å². The Morgan fingerprint density at radius 2 is 1.79 bits per heavy atom. The lowest BCUT2D eigenvalue weighted by molar-refractivity contribution is -0.256. The minimum Gasteiger partial charge on any atom is -0.492 e. The molecule has 2 aliphatic rings. The number of carbonyl (C=O) groups excluding carboxylic acids is 1. The molecule has 1 spiro atoms. The molecule has 5 rings (SSSR count). The third-order valence-corrected chi connectivity index (χ3v) is 5.59. The fraction of sp³-hybridized carbons (Fsp3) is 0.292. The van der Waals surface area contributed by atoms with E-state index in [1.54, 1.807) is 4.90 Å². The molecular formula is C24H23NO4. The Labute approximate surface area is 169 Å². The van der Waals surface area contributed by atoms with E-state index in [1.165, 1.54) is 5.39 Å². The monoisotopic (exact) mass is 389 g/mol. The number of anilines is 1. The van der Waals surface area contributed by atoms with E-state index >= 15 is 0 Å². The first-order valence-corrected chi connectivity index (χ1v) is 10.0. The van der Waals surface area contributed by atoms with Crippen LogP contribution in [0.4, 0.5) is 5.69 Å². The van der Waals surface area contributed by atoms with Gasteiger partial charge in [-0.25, -0.2) is 0 Å². The van der Waals surface area contributed by atoms with Crippen LogP contribution >= 0.6 is 0 Å². The molecule has 0 unspecified atom stereocenters. The molecule has 1 amide bonds. The van der Waals surface area contributed by atoms with Crippen LogP contribution in [0.1, 0.15) is 17.5 Å². The number of nitrogens with zero attached hydrogens (tertiary/aromatic N) is 1. The Balaban J connectivity index is 1.37. The van der Waals surface area contributed by atoms with Gasteiger partial charge in [0.15, 0.2) is 0 Å². The van der Waals surface area contributed by atoms with Gasteiger partial charge >= 0.3 is 0 Å². The molecule has 0 aromatic heterocycles. The standard InChI is InChI=1S/C24H23NO4/c1-17-6-4-9-21-22(17)25(23(26)24(21)28-13-5-14-29-24)12-15-27-20-11-10-18-7-2-3-8-19(18)16-20/h2-4,6-11,16H,5,12-15H2,1H3. The summed E-state index contributed by atoms with van der Waals surface area (Å²) in [5, 5.41) is 2.30. The SMILES string of the molecule is Cc1cccc2c1N(CCOc1ccc3ccccc3c1)C(=O)C21OCCCO1. The highest BCUT2D eigenvalue weighted by atomic mass is 16.7. The molecule has 5 nitrogen and oxygen atoms in total. The van der Waals surface area contributed by atoms with E-state index in [0.29, 0.717) is 26.4 Å². The number of fused-ring (bicyclic) bond motifs is 3. The Kier molecular flexibility index (Phi) is 4.49. The van der Waals surface area contributed by atoms with Crippen LogP contribution in [-0.2, 0) is 20.1 Å². The van der Waals surface area contributed by atoms with Gasteiger partial charge in [0, 0.05) is 5.56 Å². The van der Waals surface area contributed by atoms with Crippen LogP contribution in [0.15, 0.2) is 60.7 Å². The Bertz CT molecular complexity index is 1070. The lowest BCUT2D eigenvalue weighted by Crippen LogP contribution is -2.48. The maximum Gasteiger partial charge on any atom is 0.292 e. The van der Waals surface area contributed by atoms with Crippen LogP contribution < -0.4 is 9.64 Å². The zero-order valence-electron chi connectivity index (χ0n) is 16.4. The van der Waals surface area contributed by atoms with Crippen molar-refractivity contribution in [2.24, 2.45) is 0 Å². The molecule has 3 aromatic rings. The van der Waals surface area contributed by atoms with Gasteiger partial charge in [-0.05, 0) is 41.8 Å². The second-order valence-electron chi connectivity index (χ2n) is 7.45. The highest BCUT2D eigenvalue weighted by Crippen LogP contribution is 2.46. The van der Waals surface area contributed by atoms with Gasteiger partial charge < -0.3 is 19.1 Å². The van der Waals surface area contributed by atoms with Crippen LogP contribution in [0, 0.1) is 6.92 Å². The quantitative estimate of drug-likeness (QED) is 0.672. The maximum atomic E-state index is 13.3. The fourth-order valence-corrected chi connectivity index (χ4v) is 4.21. The molecule has 1 saturated heterocycles. The maximum absolute atomic E-state index is 13.3. The molecular weight excluding hydrogens is 366 g/mol. The molecule has 1 fully saturated rings. The number of carbonyl (C=O) groups is 1. The summed E-state index contributed by atoms with van der Waals surface area (Å²) in [7, 11) is 0. The smallest absolute Gasteiger partial charge is 0.292 e. The van der Waals surface area contributed by atoms with E-state index in [9.17, 15) is 4.79 Å². The van der Waals surface area contributed by atoms with Crippen LogP contribution in [0.5, 0.6) is 5.75 Å². The average molecular weight is 389 g/mol. The van der Waals surface area contributed by atoms with Crippen molar-refractivity contribution in [1.29, 1.82) is 0 Å². The first kappa shape index (κ1) is 18.2. The van der Waals surface area contributed by atoms with Gasteiger partial charge in [0.2, 0.25) is 0 Å². The van der Waals surface area contributed by atoms with Gasteiger partial charge in [-0.3, -0.25) is 4.79 Å². The largest absolute Gasteiger partial charge is 0.492 e. The van der Waals surface area contributed by atoms with Crippen molar-refractivity contribution in [3.63, 3.8) is 0 Å². The third kappa shape index (κ3) is 2.98. The molecule has 0 saturated carbocycles. The molecule has 0 atom stereocenters. The third-order valence-electron chi connectivity index (χ3n) is 5.59. The number of para-hydroxylation sites is 1. The average Bonchev–Trinajstić information content (AvgIpc) is 2.98. The zero-order valence-corrected chi connectivity index (χ0v) is 16.4. The summed E-state index contributed by atoms with van der Waals surface area (Å²) >= 11 is 0. The van der Waals surface area contributed by atoms with E-state index in [0.717, 1.165) is 34.4 Å². The van der Waals surface area contributed by atoms with Crippen LogP contribution in [0.2, 0.25) is 0 Å². The Morgan fingerprint density at radius 3 is 2.62 bits per heavy atom. The van der Waals surface area contributed by atoms with E-state index in [-0.39, 0.29) is 5.91 Å². The fourth-order valence-electron chi connectivity index (χ4n) is 4.21. The summed E-state index contributed by atoms with van der Waals surface area (Å²) in [4.78, 5) is 15.1. The molecule has 5 heteroatoms. The first-order valence-electron chi connectivity index (χ1n) is 10.0. The molecule has 29 heavy (non-hydrogen) atoms. The van der Waals surface area contributed by atoms with Crippen molar-refractivity contribution in [2.75, 3.05) is 31.3 Å². The highest BCUT2D eigenvalue weighted by molar-refractivity contribution is 6.07. The Morgan fingerprint density at radius 1 is 1.00 bits per heavy atom. The second-order valence-corrected chi connectivity index (χ2v) is 7.45. The predicted octanol–water partition coefficient (Wildman–Crippen LogP) is 4.16. The minimum absolute atomic E-state index is 0.163. The van der Waals surface area contributed by atoms with E-state index in [4.69, 9.17) is 14.2 Å². The van der Waals surface area contributed by atoms with Crippen LogP contribution in [-0.4, -0.2) is 32.3 Å². The van der Waals surface area contributed by atoms with Crippen LogP contribution in [0.25, 0.3) is 10.8 Å². The summed E-state index contributed by atoms with van der Waals surface area (Å²) < 4.78 is 17.8. The number of hydrogen-bond donors (Lipinski definition) is 0. The molecule has 2 aliphatic heterocycles. The van der Waals surface area contributed by atoms with Gasteiger partial charge in [0.05, 0.1) is 25.4 Å². The minimum atomic E-state index is -1.30. The van der Waals surface area contributed by atoms with E-state index in [2.05, 4.69) is 12.1 Å². The lowest BCUT2D eigenvalue weighted by Gasteiger charge is -2.32. The molecule has 0 aliphatic carbocycles. The van der Waals surface area contributed by atoms with Gasteiger partial charge in [-0.2, -0.15) is 0 Å². The first-order chi connectivity index (χ1) is 14.2. The second kappa shape index (κ2) is 7.17. The van der Waals surface area contributed by atoms with Gasteiger partial charge in [-0.1, -0.05) is 48.5 Å². The van der Waals surface area contributed by atoms with Crippen molar-refractivity contribution in [3.05, 3.63) is 71.8 Å². The molecule has 2 heterocycles. The number of aryl methyl sites for hydroxylation is 1. The van der Waals surface area contributed by atoms with Gasteiger partial charge in [0.1, 0.15) is 12.4 Å². The number of hydrogen-bond acceptors (Lipinski definition) is 4. The molecule has 148 valence electrons. The lowest BCUT2D eigenvalue weighted by atomic mass is 10.0. The van der Waals surface area contributed by atoms with Crippen LogP contribution in [0.3, 0.4) is 0 Å². The highest BCUT2D eigenvalue weighted by Gasteiger charge is 2.55. The normalized spacial score (nSPS) is 17.7. The number of benzene rings is 3. The summed E-state index contributed by atoms with van der Waals surface area (Å²) in [6, 6.07) is 20.1.